The van der Waals surface area contributed by atoms with E-state index >= 15 is 0 Å². The second-order valence-electron chi connectivity index (χ2n) is 4.31. The smallest absolute Gasteiger partial charge is 0.232 e. The zero-order valence-electron chi connectivity index (χ0n) is 11.8. The largest absolute Gasteiger partial charge is 0.481 e. The van der Waals surface area contributed by atoms with Crippen molar-refractivity contribution in [3.63, 3.8) is 0 Å². The lowest BCUT2D eigenvalue weighted by Crippen LogP contribution is -2.20. The van der Waals surface area contributed by atoms with Crippen molar-refractivity contribution in [3.8, 4) is 11.8 Å². The Morgan fingerprint density at radius 3 is 2.25 bits per heavy atom. The maximum absolute atomic E-state index is 5.94. The normalized spacial score (nSPS) is 10.2. The average Bonchev–Trinajstić information content (AvgIpc) is 2.48. The van der Waals surface area contributed by atoms with E-state index in [0.717, 1.165) is 11.3 Å². The highest BCUT2D eigenvalue weighted by molar-refractivity contribution is 5.48. The fraction of sp³-hybridized carbons (Fsp3) is 0.286. The molecule has 0 atom stereocenters. The van der Waals surface area contributed by atoms with Crippen molar-refractivity contribution in [1.82, 2.24) is 9.97 Å². The quantitative estimate of drug-likeness (QED) is 0.837. The molecule has 20 heavy (non-hydrogen) atoms. The number of methoxy groups -OCH3 is 2. The van der Waals surface area contributed by atoms with Crippen molar-refractivity contribution in [2.75, 3.05) is 31.9 Å². The van der Waals surface area contributed by atoms with Crippen LogP contribution in [0.3, 0.4) is 0 Å². The van der Waals surface area contributed by atoms with Crippen LogP contribution in [0.15, 0.2) is 30.3 Å². The fourth-order valence-corrected chi connectivity index (χ4v) is 1.78. The zero-order chi connectivity index (χ0) is 14.5. The lowest BCUT2D eigenvalue weighted by atomic mass is 10.2. The van der Waals surface area contributed by atoms with Crippen LogP contribution in [0.4, 0.5) is 11.6 Å². The second-order valence-corrected chi connectivity index (χ2v) is 4.31. The molecule has 0 saturated heterocycles. The number of hydrogen-bond donors (Lipinski definition) is 1. The number of nitrogen functional groups attached to an aromatic ring is 1. The first-order valence-corrected chi connectivity index (χ1v) is 6.15. The number of anilines is 2. The molecule has 0 radical (unpaired) electrons. The molecule has 0 spiro atoms. The Bertz CT molecular complexity index is 567. The second kappa shape index (κ2) is 6.10. The molecule has 1 heterocycles. The highest BCUT2D eigenvalue weighted by Gasteiger charge is 2.11. The summed E-state index contributed by atoms with van der Waals surface area (Å²) in [4.78, 5) is 10.5. The van der Waals surface area contributed by atoms with Crippen LogP contribution in [0.1, 0.15) is 5.56 Å². The van der Waals surface area contributed by atoms with Gasteiger partial charge in [0.05, 0.1) is 20.3 Å². The molecule has 0 saturated carbocycles. The molecule has 1 aromatic carbocycles. The third-order valence-electron chi connectivity index (χ3n) is 2.89. The molecule has 0 fully saturated rings. The lowest BCUT2D eigenvalue weighted by Gasteiger charge is -2.19. The Labute approximate surface area is 118 Å². The lowest BCUT2D eigenvalue weighted by molar-refractivity contribution is 0.372. The number of hydrogen-bond acceptors (Lipinski definition) is 6. The summed E-state index contributed by atoms with van der Waals surface area (Å²) in [6.07, 6.45) is 0. The fourth-order valence-electron chi connectivity index (χ4n) is 1.78. The van der Waals surface area contributed by atoms with Crippen LogP contribution >= 0.6 is 0 Å². The van der Waals surface area contributed by atoms with Crippen LogP contribution in [0.25, 0.3) is 0 Å². The van der Waals surface area contributed by atoms with Crippen LogP contribution in [0.5, 0.6) is 11.8 Å². The molecule has 2 aromatic rings. The summed E-state index contributed by atoms with van der Waals surface area (Å²) in [5, 5.41) is 0. The third kappa shape index (κ3) is 3.09. The van der Waals surface area contributed by atoms with Crippen LogP contribution in [0, 0.1) is 0 Å². The number of ether oxygens (including phenoxy) is 2. The molecule has 0 aliphatic rings. The van der Waals surface area contributed by atoms with E-state index in [1.807, 2.05) is 36.2 Å². The highest BCUT2D eigenvalue weighted by atomic mass is 16.5. The van der Waals surface area contributed by atoms with Gasteiger partial charge in [-0.3, -0.25) is 0 Å². The van der Waals surface area contributed by atoms with Gasteiger partial charge in [0.2, 0.25) is 17.7 Å². The summed E-state index contributed by atoms with van der Waals surface area (Å²) in [5.41, 5.74) is 7.70. The predicted octanol–water partition coefficient (Wildman–Crippen LogP) is 1.71. The minimum absolute atomic E-state index is 0.458. The molecule has 0 unspecified atom stereocenters. The molecule has 0 aliphatic heterocycles. The molecular formula is C14H18N4O2. The molecule has 2 N–H and O–H groups in total. The van der Waals surface area contributed by atoms with Crippen LogP contribution in [-0.2, 0) is 6.54 Å². The van der Waals surface area contributed by atoms with E-state index in [2.05, 4.69) is 9.97 Å². The number of nitrogens with two attached hydrogens (primary N) is 1. The third-order valence-corrected chi connectivity index (χ3v) is 2.89. The van der Waals surface area contributed by atoms with Crippen molar-refractivity contribution in [2.24, 2.45) is 0 Å². The van der Waals surface area contributed by atoms with Crippen LogP contribution in [0.2, 0.25) is 0 Å². The van der Waals surface area contributed by atoms with Gasteiger partial charge in [-0.05, 0) is 11.6 Å². The molecule has 6 heteroatoms. The number of aromatic nitrogens is 2. The van der Waals surface area contributed by atoms with E-state index in [9.17, 15) is 0 Å². The van der Waals surface area contributed by atoms with Crippen LogP contribution in [-0.4, -0.2) is 31.2 Å². The maximum atomic E-state index is 5.94. The Morgan fingerprint density at radius 1 is 1.10 bits per heavy atom. The zero-order valence-corrected chi connectivity index (χ0v) is 11.8. The predicted molar refractivity (Wildman–Crippen MR) is 78.1 cm³/mol. The minimum Gasteiger partial charge on any atom is -0.481 e. The highest BCUT2D eigenvalue weighted by Crippen LogP contribution is 2.21. The summed E-state index contributed by atoms with van der Waals surface area (Å²) in [6, 6.07) is 9.34. The Hall–Kier alpha value is -2.50. The van der Waals surface area contributed by atoms with E-state index in [0.29, 0.717) is 24.3 Å². The Balaban J connectivity index is 2.24. The van der Waals surface area contributed by atoms with Gasteiger partial charge in [0, 0.05) is 19.3 Å². The first-order valence-electron chi connectivity index (χ1n) is 6.15. The molecule has 0 aliphatic carbocycles. The summed E-state index contributed by atoms with van der Waals surface area (Å²) in [5.74, 6) is 1.43. The topological polar surface area (TPSA) is 73.5 Å². The van der Waals surface area contributed by atoms with Gasteiger partial charge in [-0.15, -0.1) is 0 Å². The molecule has 1 aromatic heterocycles. The van der Waals surface area contributed by atoms with Crippen molar-refractivity contribution < 1.29 is 9.47 Å². The molecule has 0 bridgehead atoms. The van der Waals surface area contributed by atoms with Gasteiger partial charge < -0.3 is 20.1 Å². The molecule has 2 rings (SSSR count). The van der Waals surface area contributed by atoms with Crippen molar-refractivity contribution in [3.05, 3.63) is 35.9 Å². The molecular weight excluding hydrogens is 256 g/mol. The van der Waals surface area contributed by atoms with Gasteiger partial charge in [0.1, 0.15) is 0 Å². The summed E-state index contributed by atoms with van der Waals surface area (Å²) in [7, 11) is 5.00. The number of rotatable bonds is 5. The van der Waals surface area contributed by atoms with E-state index < -0.39 is 0 Å². The average molecular weight is 274 g/mol. The van der Waals surface area contributed by atoms with E-state index in [1.165, 1.54) is 0 Å². The van der Waals surface area contributed by atoms with Gasteiger partial charge in [-0.25, -0.2) is 0 Å². The van der Waals surface area contributed by atoms with Gasteiger partial charge in [0.15, 0.2) is 0 Å². The summed E-state index contributed by atoms with van der Waals surface area (Å²) in [6.45, 7) is 0.600. The maximum Gasteiger partial charge on any atom is 0.232 e. The van der Waals surface area contributed by atoms with E-state index in [-0.39, 0.29) is 0 Å². The van der Waals surface area contributed by atoms with Crippen LogP contribution < -0.4 is 20.1 Å². The molecule has 6 nitrogen and oxygen atoms in total. The first kappa shape index (κ1) is 13.9. The summed E-state index contributed by atoms with van der Waals surface area (Å²) >= 11 is 0. The van der Waals surface area contributed by atoms with Gasteiger partial charge >= 0.3 is 0 Å². The SMILES string of the molecule is COc1cc(OC)nc(N(C)Cc2ccccc2N)n1. The van der Waals surface area contributed by atoms with Gasteiger partial charge in [0.25, 0.3) is 0 Å². The van der Waals surface area contributed by atoms with Crippen molar-refractivity contribution in [2.45, 2.75) is 6.54 Å². The Morgan fingerprint density at radius 2 is 1.70 bits per heavy atom. The van der Waals surface area contributed by atoms with E-state index in [4.69, 9.17) is 15.2 Å². The standard InChI is InChI=1S/C14H18N4O2/c1-18(9-10-6-4-5-7-11(10)15)14-16-12(19-2)8-13(17-14)20-3/h4-8H,9,15H2,1-3H3. The number of para-hydroxylation sites is 1. The van der Waals surface area contributed by atoms with Crippen molar-refractivity contribution >= 4 is 11.6 Å². The molecule has 0 amide bonds. The van der Waals surface area contributed by atoms with Gasteiger partial charge in [-0.2, -0.15) is 9.97 Å². The number of nitrogens with zero attached hydrogens (tertiary/aromatic N) is 3. The van der Waals surface area contributed by atoms with E-state index in [1.54, 1.807) is 20.3 Å². The molecule has 106 valence electrons. The number of benzene rings is 1. The Kier molecular flexibility index (Phi) is 4.24. The minimum atomic E-state index is 0.458. The summed E-state index contributed by atoms with van der Waals surface area (Å²) < 4.78 is 10.3. The van der Waals surface area contributed by atoms with Crippen molar-refractivity contribution in [1.29, 1.82) is 0 Å². The van der Waals surface area contributed by atoms with Gasteiger partial charge in [-0.1, -0.05) is 18.2 Å². The first-order chi connectivity index (χ1) is 9.63. The monoisotopic (exact) mass is 274 g/mol.